The zero-order valence-electron chi connectivity index (χ0n) is 8.67. The molecule has 0 aliphatic rings. The number of benzene rings is 1. The van der Waals surface area contributed by atoms with Gasteiger partial charge < -0.3 is 5.73 Å². The van der Waals surface area contributed by atoms with E-state index in [9.17, 15) is 4.39 Å². The molecule has 3 heteroatoms. The Hall–Kier alpha value is -1.35. The van der Waals surface area contributed by atoms with Crippen LogP contribution in [0.4, 0.5) is 10.1 Å². The normalized spacial score (nSPS) is 10.6. The minimum absolute atomic E-state index is 0.284. The Balaban J connectivity index is 2.58. The molecule has 2 aromatic rings. The molecule has 0 fully saturated rings. The van der Waals surface area contributed by atoms with Gasteiger partial charge in [-0.3, -0.25) is 0 Å². The highest BCUT2D eigenvalue weighted by Crippen LogP contribution is 2.31. The third-order valence-corrected chi connectivity index (χ3v) is 3.24. The maximum atomic E-state index is 13.2. The first kappa shape index (κ1) is 10.2. The number of aryl methyl sites for hydroxylation is 2. The van der Waals surface area contributed by atoms with Gasteiger partial charge in [0.2, 0.25) is 0 Å². The Kier molecular flexibility index (Phi) is 2.49. The Bertz CT molecular complexity index is 482. The lowest BCUT2D eigenvalue weighted by molar-refractivity contribution is 0.629. The molecule has 0 atom stereocenters. The lowest BCUT2D eigenvalue weighted by Gasteiger charge is -2.02. The summed E-state index contributed by atoms with van der Waals surface area (Å²) in [5.41, 5.74) is 8.01. The van der Waals surface area contributed by atoms with Gasteiger partial charge >= 0.3 is 0 Å². The van der Waals surface area contributed by atoms with Crippen molar-refractivity contribution in [3.63, 3.8) is 0 Å². The Morgan fingerprint density at radius 3 is 2.40 bits per heavy atom. The molecule has 0 aliphatic carbocycles. The number of anilines is 1. The second-order valence-corrected chi connectivity index (χ2v) is 5.06. The Labute approximate surface area is 92.4 Å². The van der Waals surface area contributed by atoms with Gasteiger partial charge in [0.1, 0.15) is 5.82 Å². The minimum Gasteiger partial charge on any atom is -0.399 e. The molecule has 0 amide bonds. The van der Waals surface area contributed by atoms with Crippen LogP contribution in [0.1, 0.15) is 9.75 Å². The van der Waals surface area contributed by atoms with Gasteiger partial charge in [0, 0.05) is 15.4 Å². The number of hydrogen-bond acceptors (Lipinski definition) is 2. The minimum atomic E-state index is -0.284. The van der Waals surface area contributed by atoms with Gasteiger partial charge in [-0.25, -0.2) is 4.39 Å². The van der Waals surface area contributed by atoms with Crippen LogP contribution in [-0.2, 0) is 0 Å². The summed E-state index contributed by atoms with van der Waals surface area (Å²) in [7, 11) is 0. The maximum Gasteiger partial charge on any atom is 0.125 e. The average molecular weight is 221 g/mol. The van der Waals surface area contributed by atoms with Crippen molar-refractivity contribution < 1.29 is 4.39 Å². The number of nitrogens with two attached hydrogens (primary N) is 1. The van der Waals surface area contributed by atoms with E-state index in [1.54, 1.807) is 17.4 Å². The van der Waals surface area contributed by atoms with E-state index in [1.165, 1.54) is 21.9 Å². The van der Waals surface area contributed by atoms with Crippen molar-refractivity contribution in [3.05, 3.63) is 39.8 Å². The molecule has 15 heavy (non-hydrogen) atoms. The first-order valence-corrected chi connectivity index (χ1v) is 5.51. The summed E-state index contributed by atoms with van der Waals surface area (Å²) < 4.78 is 13.2. The van der Waals surface area contributed by atoms with Crippen molar-refractivity contribution >= 4 is 17.0 Å². The van der Waals surface area contributed by atoms with Crippen molar-refractivity contribution in [1.82, 2.24) is 0 Å². The predicted molar refractivity (Wildman–Crippen MR) is 63.6 cm³/mol. The molecule has 1 aromatic carbocycles. The van der Waals surface area contributed by atoms with Crippen LogP contribution < -0.4 is 5.73 Å². The number of rotatable bonds is 1. The lowest BCUT2D eigenvalue weighted by atomic mass is 10.1. The molecular weight excluding hydrogens is 209 g/mol. The standard InChI is InChI=1S/C12H12FNS/c1-7-3-12(8(2)15-7)9-4-10(13)6-11(14)5-9/h3-6H,14H2,1-2H3. The SMILES string of the molecule is Cc1cc(-c2cc(N)cc(F)c2)c(C)s1. The summed E-state index contributed by atoms with van der Waals surface area (Å²) in [5, 5.41) is 0. The number of halogens is 1. The zero-order chi connectivity index (χ0) is 11.0. The fourth-order valence-corrected chi connectivity index (χ4v) is 2.63. The lowest BCUT2D eigenvalue weighted by Crippen LogP contribution is -1.88. The zero-order valence-corrected chi connectivity index (χ0v) is 9.49. The van der Waals surface area contributed by atoms with Gasteiger partial charge in [0.25, 0.3) is 0 Å². The van der Waals surface area contributed by atoms with Crippen LogP contribution in [0.15, 0.2) is 24.3 Å². The molecule has 0 saturated carbocycles. The van der Waals surface area contributed by atoms with E-state index in [4.69, 9.17) is 5.73 Å². The van der Waals surface area contributed by atoms with E-state index in [-0.39, 0.29) is 5.82 Å². The van der Waals surface area contributed by atoms with Crippen molar-refractivity contribution in [2.75, 3.05) is 5.73 Å². The Morgan fingerprint density at radius 2 is 1.87 bits per heavy atom. The highest BCUT2D eigenvalue weighted by Gasteiger charge is 2.07. The van der Waals surface area contributed by atoms with E-state index >= 15 is 0 Å². The topological polar surface area (TPSA) is 26.0 Å². The van der Waals surface area contributed by atoms with E-state index in [0.717, 1.165) is 11.1 Å². The highest BCUT2D eigenvalue weighted by atomic mass is 32.1. The third kappa shape index (κ3) is 2.02. The van der Waals surface area contributed by atoms with Gasteiger partial charge in [-0.05, 0) is 49.2 Å². The number of nitrogen functional groups attached to an aromatic ring is 1. The van der Waals surface area contributed by atoms with Crippen molar-refractivity contribution in [2.24, 2.45) is 0 Å². The van der Waals surface area contributed by atoms with Crippen LogP contribution >= 0.6 is 11.3 Å². The van der Waals surface area contributed by atoms with Crippen LogP contribution in [0.25, 0.3) is 11.1 Å². The predicted octanol–water partition coefficient (Wildman–Crippen LogP) is 3.75. The molecule has 0 aliphatic heterocycles. The molecule has 1 aromatic heterocycles. The molecule has 0 spiro atoms. The number of hydrogen-bond donors (Lipinski definition) is 1. The molecule has 2 N–H and O–H groups in total. The smallest absolute Gasteiger partial charge is 0.125 e. The van der Waals surface area contributed by atoms with E-state index in [0.29, 0.717) is 5.69 Å². The van der Waals surface area contributed by atoms with Crippen molar-refractivity contribution in [1.29, 1.82) is 0 Å². The summed E-state index contributed by atoms with van der Waals surface area (Å²) in [6, 6.07) is 6.72. The highest BCUT2D eigenvalue weighted by molar-refractivity contribution is 7.12. The Morgan fingerprint density at radius 1 is 1.13 bits per heavy atom. The van der Waals surface area contributed by atoms with Crippen LogP contribution in [0.5, 0.6) is 0 Å². The van der Waals surface area contributed by atoms with Crippen LogP contribution in [0, 0.1) is 19.7 Å². The second-order valence-electron chi connectivity index (χ2n) is 3.60. The van der Waals surface area contributed by atoms with E-state index in [1.807, 2.05) is 13.8 Å². The summed E-state index contributed by atoms with van der Waals surface area (Å²) in [4.78, 5) is 2.42. The van der Waals surface area contributed by atoms with Crippen LogP contribution in [0.2, 0.25) is 0 Å². The molecule has 0 saturated heterocycles. The summed E-state index contributed by atoms with van der Waals surface area (Å²) >= 11 is 1.71. The fourth-order valence-electron chi connectivity index (χ4n) is 1.69. The summed E-state index contributed by atoms with van der Waals surface area (Å²) in [6.07, 6.45) is 0. The largest absolute Gasteiger partial charge is 0.399 e. The molecule has 2 rings (SSSR count). The summed E-state index contributed by atoms with van der Waals surface area (Å²) in [6.45, 7) is 4.08. The molecule has 0 bridgehead atoms. The van der Waals surface area contributed by atoms with E-state index in [2.05, 4.69) is 6.07 Å². The molecule has 78 valence electrons. The second kappa shape index (κ2) is 3.66. The molecular formula is C12H12FNS. The van der Waals surface area contributed by atoms with Crippen molar-refractivity contribution in [2.45, 2.75) is 13.8 Å². The number of thiophene rings is 1. The summed E-state index contributed by atoms with van der Waals surface area (Å²) in [5.74, 6) is -0.284. The van der Waals surface area contributed by atoms with E-state index < -0.39 is 0 Å². The molecule has 1 nitrogen and oxygen atoms in total. The first-order valence-electron chi connectivity index (χ1n) is 4.70. The first-order chi connectivity index (χ1) is 7.06. The monoisotopic (exact) mass is 221 g/mol. The molecule has 0 unspecified atom stereocenters. The fraction of sp³-hybridized carbons (Fsp3) is 0.167. The van der Waals surface area contributed by atoms with Gasteiger partial charge in [-0.1, -0.05) is 0 Å². The van der Waals surface area contributed by atoms with Gasteiger partial charge in [-0.15, -0.1) is 11.3 Å². The van der Waals surface area contributed by atoms with Crippen LogP contribution in [0.3, 0.4) is 0 Å². The maximum absolute atomic E-state index is 13.2. The van der Waals surface area contributed by atoms with Gasteiger partial charge in [0.05, 0.1) is 0 Å². The quantitative estimate of drug-likeness (QED) is 0.729. The average Bonchev–Trinajstić information content (AvgIpc) is 2.43. The van der Waals surface area contributed by atoms with Crippen LogP contribution in [-0.4, -0.2) is 0 Å². The third-order valence-electron chi connectivity index (χ3n) is 2.27. The van der Waals surface area contributed by atoms with Gasteiger partial charge in [0.15, 0.2) is 0 Å². The molecule has 1 heterocycles. The van der Waals surface area contributed by atoms with Crippen molar-refractivity contribution in [3.8, 4) is 11.1 Å². The molecule has 0 radical (unpaired) electrons. The van der Waals surface area contributed by atoms with Gasteiger partial charge in [-0.2, -0.15) is 0 Å².